The Hall–Kier alpha value is -1.65. The largest absolute Gasteiger partial charge is 0.482 e. The van der Waals surface area contributed by atoms with E-state index in [1.54, 1.807) is 0 Å². The lowest BCUT2D eigenvalue weighted by Crippen LogP contribution is -2.17. The molecule has 0 amide bonds. The second-order valence-electron chi connectivity index (χ2n) is 5.02. The van der Waals surface area contributed by atoms with Gasteiger partial charge in [0.15, 0.2) is 11.9 Å². The van der Waals surface area contributed by atoms with Gasteiger partial charge in [-0.2, -0.15) is 0 Å². The second-order valence-corrected chi connectivity index (χ2v) is 5.38. The maximum atomic E-state index is 6.25. The average Bonchev–Trinajstić information content (AvgIpc) is 2.91. The van der Waals surface area contributed by atoms with Gasteiger partial charge < -0.3 is 9.47 Å². The molecule has 0 fully saturated rings. The first-order chi connectivity index (χ1) is 9.81. The van der Waals surface area contributed by atoms with Crippen LogP contribution in [0.25, 0.3) is 0 Å². The van der Waals surface area contributed by atoms with E-state index in [1.807, 2.05) is 18.2 Å². The zero-order chi connectivity index (χ0) is 13.5. The molecular formula is C15H13ClN2O2. The van der Waals surface area contributed by atoms with E-state index in [0.29, 0.717) is 24.2 Å². The van der Waals surface area contributed by atoms with E-state index < -0.39 is 0 Å². The van der Waals surface area contributed by atoms with Gasteiger partial charge in [-0.1, -0.05) is 29.8 Å². The summed E-state index contributed by atoms with van der Waals surface area (Å²) in [5.74, 6) is 1.59. The SMILES string of the molecule is Clc1nc(C2Cc3ccccc3O2)nc2c1COCC2. The maximum absolute atomic E-state index is 6.25. The first-order valence-electron chi connectivity index (χ1n) is 6.69. The van der Waals surface area contributed by atoms with Crippen LogP contribution in [0.5, 0.6) is 5.75 Å². The fourth-order valence-electron chi connectivity index (χ4n) is 2.68. The number of rotatable bonds is 1. The summed E-state index contributed by atoms with van der Waals surface area (Å²) in [5.41, 5.74) is 3.10. The highest BCUT2D eigenvalue weighted by Gasteiger charge is 2.28. The normalized spacial score (nSPS) is 20.1. The van der Waals surface area contributed by atoms with Gasteiger partial charge in [0.1, 0.15) is 10.9 Å². The van der Waals surface area contributed by atoms with Crippen molar-refractivity contribution < 1.29 is 9.47 Å². The molecule has 2 aromatic rings. The third kappa shape index (κ3) is 1.96. The third-order valence-corrected chi connectivity index (χ3v) is 4.04. The molecule has 0 saturated carbocycles. The summed E-state index contributed by atoms with van der Waals surface area (Å²) in [6.45, 7) is 1.19. The van der Waals surface area contributed by atoms with Crippen LogP contribution in [0.2, 0.25) is 5.15 Å². The summed E-state index contributed by atoms with van der Waals surface area (Å²) in [5, 5.41) is 0.490. The number of aromatic nitrogens is 2. The number of fused-ring (bicyclic) bond motifs is 2. The number of hydrogen-bond donors (Lipinski definition) is 0. The molecule has 4 nitrogen and oxygen atoms in total. The topological polar surface area (TPSA) is 44.2 Å². The molecule has 4 rings (SSSR count). The van der Waals surface area contributed by atoms with Crippen molar-refractivity contribution in [1.29, 1.82) is 0 Å². The van der Waals surface area contributed by atoms with Crippen LogP contribution in [0.1, 0.15) is 28.7 Å². The van der Waals surface area contributed by atoms with Gasteiger partial charge in [0.25, 0.3) is 0 Å². The Morgan fingerprint density at radius 2 is 2.10 bits per heavy atom. The minimum absolute atomic E-state index is 0.141. The van der Waals surface area contributed by atoms with Crippen molar-refractivity contribution in [2.45, 2.75) is 25.6 Å². The van der Waals surface area contributed by atoms with E-state index in [1.165, 1.54) is 5.56 Å². The van der Waals surface area contributed by atoms with Crippen LogP contribution in [0, 0.1) is 0 Å². The van der Waals surface area contributed by atoms with Gasteiger partial charge in [0.05, 0.1) is 18.9 Å². The summed E-state index contributed by atoms with van der Waals surface area (Å²) < 4.78 is 11.3. The van der Waals surface area contributed by atoms with Crippen LogP contribution in [-0.4, -0.2) is 16.6 Å². The van der Waals surface area contributed by atoms with E-state index >= 15 is 0 Å². The molecule has 0 aliphatic carbocycles. The third-order valence-electron chi connectivity index (χ3n) is 3.72. The number of para-hydroxylation sites is 1. The van der Waals surface area contributed by atoms with Gasteiger partial charge >= 0.3 is 0 Å². The number of ether oxygens (including phenoxy) is 2. The van der Waals surface area contributed by atoms with Crippen LogP contribution in [-0.2, 0) is 24.2 Å². The monoisotopic (exact) mass is 288 g/mol. The highest BCUT2D eigenvalue weighted by molar-refractivity contribution is 6.30. The van der Waals surface area contributed by atoms with Crippen LogP contribution < -0.4 is 4.74 Å². The molecule has 0 radical (unpaired) electrons. The summed E-state index contributed by atoms with van der Waals surface area (Å²) in [4.78, 5) is 9.04. The maximum Gasteiger partial charge on any atom is 0.171 e. The van der Waals surface area contributed by atoms with Crippen LogP contribution in [0.4, 0.5) is 0 Å². The van der Waals surface area contributed by atoms with Crippen LogP contribution in [0.3, 0.4) is 0 Å². The minimum atomic E-state index is -0.141. The molecule has 1 unspecified atom stereocenters. The van der Waals surface area contributed by atoms with Crippen LogP contribution in [0.15, 0.2) is 24.3 Å². The molecule has 5 heteroatoms. The summed E-state index contributed by atoms with van der Waals surface area (Å²) >= 11 is 6.25. The predicted octanol–water partition coefficient (Wildman–Crippen LogP) is 2.88. The standard InChI is InChI=1S/C15H13ClN2O2/c16-14-10-8-19-6-5-11(10)17-15(18-14)13-7-9-3-1-2-4-12(9)20-13/h1-4,13H,5-8H2. The Balaban J connectivity index is 1.69. The van der Waals surface area contributed by atoms with E-state index in [9.17, 15) is 0 Å². The number of nitrogens with zero attached hydrogens (tertiary/aromatic N) is 2. The minimum Gasteiger partial charge on any atom is -0.482 e. The zero-order valence-corrected chi connectivity index (χ0v) is 11.6. The number of benzene rings is 1. The quantitative estimate of drug-likeness (QED) is 0.757. The molecule has 0 bridgehead atoms. The van der Waals surface area contributed by atoms with E-state index in [0.717, 1.165) is 29.8 Å². The van der Waals surface area contributed by atoms with Crippen molar-refractivity contribution in [1.82, 2.24) is 9.97 Å². The molecule has 3 heterocycles. The lowest BCUT2D eigenvalue weighted by atomic mass is 10.1. The molecule has 1 aromatic heterocycles. The molecule has 1 atom stereocenters. The molecule has 0 N–H and O–H groups in total. The van der Waals surface area contributed by atoms with E-state index in [4.69, 9.17) is 21.1 Å². The van der Waals surface area contributed by atoms with Crippen molar-refractivity contribution >= 4 is 11.6 Å². The van der Waals surface area contributed by atoms with Crippen molar-refractivity contribution in [3.8, 4) is 5.75 Å². The molecule has 2 aliphatic rings. The van der Waals surface area contributed by atoms with Gasteiger partial charge in [0.2, 0.25) is 0 Å². The fraction of sp³-hybridized carbons (Fsp3) is 0.333. The van der Waals surface area contributed by atoms with Crippen molar-refractivity contribution in [2.75, 3.05) is 6.61 Å². The first kappa shape index (κ1) is 12.1. The Labute approximate surface area is 121 Å². The Morgan fingerprint density at radius 3 is 3.00 bits per heavy atom. The Morgan fingerprint density at radius 1 is 1.20 bits per heavy atom. The molecular weight excluding hydrogens is 276 g/mol. The summed E-state index contributed by atoms with van der Waals surface area (Å²) in [6, 6.07) is 8.04. The zero-order valence-electron chi connectivity index (χ0n) is 10.8. The highest BCUT2D eigenvalue weighted by atomic mass is 35.5. The highest BCUT2D eigenvalue weighted by Crippen LogP contribution is 2.36. The lowest BCUT2D eigenvalue weighted by molar-refractivity contribution is 0.108. The van der Waals surface area contributed by atoms with E-state index in [-0.39, 0.29) is 6.10 Å². The molecule has 0 spiro atoms. The Kier molecular flexibility index (Phi) is 2.86. The van der Waals surface area contributed by atoms with Gasteiger partial charge in [-0.25, -0.2) is 9.97 Å². The molecule has 1 aromatic carbocycles. The molecule has 0 saturated heterocycles. The predicted molar refractivity (Wildman–Crippen MR) is 73.9 cm³/mol. The number of hydrogen-bond acceptors (Lipinski definition) is 4. The Bertz CT molecular complexity index is 650. The number of halogens is 1. The molecule has 20 heavy (non-hydrogen) atoms. The van der Waals surface area contributed by atoms with Crippen molar-refractivity contribution in [3.05, 3.63) is 52.1 Å². The van der Waals surface area contributed by atoms with Gasteiger partial charge in [-0.15, -0.1) is 0 Å². The van der Waals surface area contributed by atoms with Gasteiger partial charge in [-0.05, 0) is 11.6 Å². The van der Waals surface area contributed by atoms with Crippen LogP contribution >= 0.6 is 11.6 Å². The molecule has 102 valence electrons. The van der Waals surface area contributed by atoms with E-state index in [2.05, 4.69) is 16.0 Å². The second kappa shape index (κ2) is 4.72. The van der Waals surface area contributed by atoms with Crippen molar-refractivity contribution in [2.24, 2.45) is 0 Å². The van der Waals surface area contributed by atoms with Gasteiger partial charge in [0, 0.05) is 18.4 Å². The first-order valence-corrected chi connectivity index (χ1v) is 7.06. The lowest BCUT2D eigenvalue weighted by Gasteiger charge is -2.18. The summed E-state index contributed by atoms with van der Waals surface area (Å²) in [6.07, 6.45) is 1.43. The smallest absolute Gasteiger partial charge is 0.171 e. The van der Waals surface area contributed by atoms with Crippen molar-refractivity contribution in [3.63, 3.8) is 0 Å². The fourth-order valence-corrected chi connectivity index (χ4v) is 2.93. The summed E-state index contributed by atoms with van der Waals surface area (Å²) in [7, 11) is 0. The average molecular weight is 289 g/mol. The van der Waals surface area contributed by atoms with Gasteiger partial charge in [-0.3, -0.25) is 0 Å². The molecule has 2 aliphatic heterocycles.